The van der Waals surface area contributed by atoms with Gasteiger partial charge in [0.25, 0.3) is 0 Å². The molecular formula is C12H18N2O. The first kappa shape index (κ1) is 11.8. The summed E-state index contributed by atoms with van der Waals surface area (Å²) in [6.45, 7) is 4.24. The van der Waals surface area contributed by atoms with E-state index in [1.165, 1.54) is 5.56 Å². The standard InChI is InChI=1S/C12H18N2O/c1-5-6-14(4)9-11-7-12(8-13-3)15-10(11)2/h1,7,13H,6,8-9H2,2-4H3. The fourth-order valence-electron chi connectivity index (χ4n) is 1.51. The number of hydrogen-bond donors (Lipinski definition) is 1. The first-order valence-electron chi connectivity index (χ1n) is 5.02. The highest BCUT2D eigenvalue weighted by atomic mass is 16.3. The quantitative estimate of drug-likeness (QED) is 0.738. The van der Waals surface area contributed by atoms with Gasteiger partial charge in [-0.2, -0.15) is 0 Å². The van der Waals surface area contributed by atoms with Crippen molar-refractivity contribution in [2.75, 3.05) is 20.6 Å². The molecule has 0 aliphatic rings. The normalized spacial score (nSPS) is 10.6. The van der Waals surface area contributed by atoms with Gasteiger partial charge in [0.1, 0.15) is 11.5 Å². The maximum Gasteiger partial charge on any atom is 0.118 e. The van der Waals surface area contributed by atoms with E-state index in [2.05, 4.69) is 22.2 Å². The van der Waals surface area contributed by atoms with Crippen LogP contribution in [0.25, 0.3) is 0 Å². The topological polar surface area (TPSA) is 28.4 Å². The molecule has 0 spiro atoms. The number of terminal acetylenes is 1. The van der Waals surface area contributed by atoms with E-state index in [1.807, 2.05) is 21.0 Å². The average molecular weight is 206 g/mol. The highest BCUT2D eigenvalue weighted by Gasteiger charge is 2.08. The molecule has 1 heterocycles. The number of furan rings is 1. The summed E-state index contributed by atoms with van der Waals surface area (Å²) in [6.07, 6.45) is 5.25. The van der Waals surface area contributed by atoms with Gasteiger partial charge >= 0.3 is 0 Å². The van der Waals surface area contributed by atoms with Crippen molar-refractivity contribution in [1.82, 2.24) is 10.2 Å². The molecule has 0 aliphatic heterocycles. The molecule has 15 heavy (non-hydrogen) atoms. The maximum absolute atomic E-state index is 5.59. The fourth-order valence-corrected chi connectivity index (χ4v) is 1.51. The van der Waals surface area contributed by atoms with Gasteiger partial charge in [0.15, 0.2) is 0 Å². The summed E-state index contributed by atoms with van der Waals surface area (Å²) in [4.78, 5) is 2.08. The van der Waals surface area contributed by atoms with Crippen LogP contribution in [0, 0.1) is 19.3 Å². The van der Waals surface area contributed by atoms with E-state index in [4.69, 9.17) is 10.8 Å². The number of nitrogens with one attached hydrogen (secondary N) is 1. The Kier molecular flexibility index (Phi) is 4.41. The van der Waals surface area contributed by atoms with E-state index < -0.39 is 0 Å². The Bertz CT molecular complexity index is 349. The minimum absolute atomic E-state index is 0.659. The molecule has 0 bridgehead atoms. The summed E-state index contributed by atoms with van der Waals surface area (Å²) in [5, 5.41) is 3.06. The third kappa shape index (κ3) is 3.43. The molecule has 0 atom stereocenters. The van der Waals surface area contributed by atoms with E-state index in [9.17, 15) is 0 Å². The predicted molar refractivity (Wildman–Crippen MR) is 61.4 cm³/mol. The van der Waals surface area contributed by atoms with Gasteiger partial charge < -0.3 is 9.73 Å². The SMILES string of the molecule is C#CCN(C)Cc1cc(CNC)oc1C. The van der Waals surface area contributed by atoms with Crippen molar-refractivity contribution in [3.05, 3.63) is 23.2 Å². The highest BCUT2D eigenvalue weighted by Crippen LogP contribution is 2.15. The zero-order chi connectivity index (χ0) is 11.3. The molecule has 1 aromatic rings. The van der Waals surface area contributed by atoms with Crippen LogP contribution in [0.1, 0.15) is 17.1 Å². The summed E-state index contributed by atoms with van der Waals surface area (Å²) in [5.41, 5.74) is 1.21. The Labute approximate surface area is 91.5 Å². The van der Waals surface area contributed by atoms with E-state index in [0.29, 0.717) is 6.54 Å². The van der Waals surface area contributed by atoms with Gasteiger partial charge in [-0.05, 0) is 27.1 Å². The Morgan fingerprint density at radius 1 is 1.60 bits per heavy atom. The van der Waals surface area contributed by atoms with Crippen LogP contribution in [0.3, 0.4) is 0 Å². The van der Waals surface area contributed by atoms with E-state index in [0.717, 1.165) is 24.6 Å². The minimum Gasteiger partial charge on any atom is -0.465 e. The molecule has 0 aromatic carbocycles. The van der Waals surface area contributed by atoms with Gasteiger partial charge in [0.2, 0.25) is 0 Å². The van der Waals surface area contributed by atoms with Crippen molar-refractivity contribution in [2.45, 2.75) is 20.0 Å². The lowest BCUT2D eigenvalue weighted by Crippen LogP contribution is -2.17. The van der Waals surface area contributed by atoms with Gasteiger partial charge in [-0.25, -0.2) is 0 Å². The third-order valence-electron chi connectivity index (χ3n) is 2.22. The molecule has 1 rings (SSSR count). The minimum atomic E-state index is 0.659. The molecule has 0 aliphatic carbocycles. The molecule has 1 aromatic heterocycles. The van der Waals surface area contributed by atoms with Crippen molar-refractivity contribution in [3.8, 4) is 12.3 Å². The van der Waals surface area contributed by atoms with E-state index in [-0.39, 0.29) is 0 Å². The van der Waals surface area contributed by atoms with Crippen molar-refractivity contribution >= 4 is 0 Å². The number of aryl methyl sites for hydroxylation is 1. The predicted octanol–water partition coefficient (Wildman–Crippen LogP) is 1.37. The smallest absolute Gasteiger partial charge is 0.118 e. The van der Waals surface area contributed by atoms with E-state index >= 15 is 0 Å². The summed E-state index contributed by atoms with van der Waals surface area (Å²) in [6, 6.07) is 2.08. The second kappa shape index (κ2) is 5.59. The number of nitrogens with zero attached hydrogens (tertiary/aromatic N) is 1. The lowest BCUT2D eigenvalue weighted by molar-refractivity contribution is 0.364. The van der Waals surface area contributed by atoms with Crippen LogP contribution in [0.5, 0.6) is 0 Å². The molecule has 3 heteroatoms. The second-order valence-electron chi connectivity index (χ2n) is 3.70. The summed E-state index contributed by atoms with van der Waals surface area (Å²) in [5.74, 6) is 4.57. The summed E-state index contributed by atoms with van der Waals surface area (Å²) < 4.78 is 5.59. The Balaban J connectivity index is 2.65. The van der Waals surface area contributed by atoms with E-state index in [1.54, 1.807) is 0 Å². The summed E-state index contributed by atoms with van der Waals surface area (Å²) in [7, 11) is 3.91. The summed E-state index contributed by atoms with van der Waals surface area (Å²) >= 11 is 0. The average Bonchev–Trinajstić information content (AvgIpc) is 2.48. The molecular weight excluding hydrogens is 188 g/mol. The number of rotatable bonds is 5. The zero-order valence-corrected chi connectivity index (χ0v) is 9.63. The van der Waals surface area contributed by atoms with Crippen molar-refractivity contribution in [2.24, 2.45) is 0 Å². The van der Waals surface area contributed by atoms with Gasteiger partial charge in [0, 0.05) is 12.1 Å². The van der Waals surface area contributed by atoms with Crippen LogP contribution >= 0.6 is 0 Å². The van der Waals surface area contributed by atoms with Crippen molar-refractivity contribution in [3.63, 3.8) is 0 Å². The van der Waals surface area contributed by atoms with Crippen LogP contribution in [-0.2, 0) is 13.1 Å². The monoisotopic (exact) mass is 206 g/mol. The zero-order valence-electron chi connectivity index (χ0n) is 9.63. The molecule has 82 valence electrons. The largest absolute Gasteiger partial charge is 0.465 e. The van der Waals surface area contributed by atoms with Crippen LogP contribution in [0.4, 0.5) is 0 Å². The second-order valence-corrected chi connectivity index (χ2v) is 3.70. The first-order valence-corrected chi connectivity index (χ1v) is 5.02. The lowest BCUT2D eigenvalue weighted by Gasteiger charge is -2.11. The fraction of sp³-hybridized carbons (Fsp3) is 0.500. The van der Waals surface area contributed by atoms with Crippen LogP contribution in [0.15, 0.2) is 10.5 Å². The van der Waals surface area contributed by atoms with Crippen molar-refractivity contribution in [1.29, 1.82) is 0 Å². The van der Waals surface area contributed by atoms with Crippen LogP contribution in [-0.4, -0.2) is 25.5 Å². The Hall–Kier alpha value is -1.24. The molecule has 0 saturated carbocycles. The van der Waals surface area contributed by atoms with Gasteiger partial charge in [0.05, 0.1) is 13.1 Å². The molecule has 0 fully saturated rings. The van der Waals surface area contributed by atoms with Crippen LogP contribution in [0.2, 0.25) is 0 Å². The van der Waals surface area contributed by atoms with Gasteiger partial charge in [-0.3, -0.25) is 4.90 Å². The Morgan fingerprint density at radius 2 is 2.33 bits per heavy atom. The molecule has 0 amide bonds. The van der Waals surface area contributed by atoms with Crippen LogP contribution < -0.4 is 5.32 Å². The molecule has 0 unspecified atom stereocenters. The molecule has 3 nitrogen and oxygen atoms in total. The molecule has 0 saturated heterocycles. The van der Waals surface area contributed by atoms with Gasteiger partial charge in [-0.1, -0.05) is 5.92 Å². The highest BCUT2D eigenvalue weighted by molar-refractivity contribution is 5.20. The van der Waals surface area contributed by atoms with Gasteiger partial charge in [-0.15, -0.1) is 6.42 Å². The maximum atomic E-state index is 5.59. The first-order chi connectivity index (χ1) is 7.17. The lowest BCUT2D eigenvalue weighted by atomic mass is 10.2. The van der Waals surface area contributed by atoms with Crippen molar-refractivity contribution < 1.29 is 4.42 Å². The molecule has 0 radical (unpaired) electrons. The number of hydrogen-bond acceptors (Lipinski definition) is 3. The third-order valence-corrected chi connectivity index (χ3v) is 2.22. The Morgan fingerprint density at radius 3 is 2.93 bits per heavy atom. The molecule has 1 N–H and O–H groups in total.